The first-order chi connectivity index (χ1) is 14.9. The van der Waals surface area contributed by atoms with Crippen molar-refractivity contribution < 1.29 is 23.8 Å². The van der Waals surface area contributed by atoms with Crippen molar-refractivity contribution >= 4 is 28.3 Å². The largest absolute Gasteiger partial charge is 0.493 e. The molecule has 0 fully saturated rings. The van der Waals surface area contributed by atoms with Gasteiger partial charge in [0.05, 0.1) is 27.0 Å². The van der Waals surface area contributed by atoms with Crippen LogP contribution < -0.4 is 24.8 Å². The Bertz CT molecular complexity index is 908. The minimum atomic E-state index is -0.729. The van der Waals surface area contributed by atoms with Crippen LogP contribution in [0, 0.1) is 5.92 Å². The molecule has 31 heavy (non-hydrogen) atoms. The van der Waals surface area contributed by atoms with E-state index in [9.17, 15) is 9.59 Å². The molecule has 1 heterocycles. The molecule has 0 aliphatic heterocycles. The molecule has 2 aromatic rings. The zero-order valence-corrected chi connectivity index (χ0v) is 19.4. The highest BCUT2D eigenvalue weighted by Crippen LogP contribution is 2.38. The first kappa shape index (κ1) is 22.9. The van der Waals surface area contributed by atoms with Crippen LogP contribution in [0.2, 0.25) is 0 Å². The molecule has 2 amide bonds. The molecule has 0 unspecified atom stereocenters. The Kier molecular flexibility index (Phi) is 7.37. The Morgan fingerprint density at radius 3 is 2.23 bits per heavy atom. The number of carbonyl (C=O) groups excluding carboxylic acids is 2. The average Bonchev–Trinajstić information content (AvgIpc) is 3.17. The number of rotatable bonds is 8. The Balaban J connectivity index is 1.77. The highest BCUT2D eigenvalue weighted by molar-refractivity contribution is 7.15. The number of ether oxygens (including phenoxy) is 3. The van der Waals surface area contributed by atoms with Crippen molar-refractivity contribution in [3.8, 4) is 17.2 Å². The molecule has 0 radical (unpaired) electrons. The molecule has 0 saturated carbocycles. The topological polar surface area (TPSA) is 98.8 Å². The summed E-state index contributed by atoms with van der Waals surface area (Å²) in [6, 6.07) is 2.38. The zero-order chi connectivity index (χ0) is 22.5. The molecule has 168 valence electrons. The number of nitrogens with one attached hydrogen (secondary N) is 2. The number of carbonyl (C=O) groups is 2. The molecular formula is C22H29N3O5S. The fourth-order valence-corrected chi connectivity index (χ4v) is 4.61. The van der Waals surface area contributed by atoms with Gasteiger partial charge in [0.15, 0.2) is 16.6 Å². The van der Waals surface area contributed by atoms with Gasteiger partial charge < -0.3 is 24.8 Å². The summed E-state index contributed by atoms with van der Waals surface area (Å²) in [5.41, 5.74) is 1.38. The van der Waals surface area contributed by atoms with Gasteiger partial charge >= 0.3 is 0 Å². The van der Waals surface area contributed by atoms with Crippen molar-refractivity contribution in [2.45, 2.75) is 45.6 Å². The van der Waals surface area contributed by atoms with Gasteiger partial charge in [0.25, 0.3) is 5.91 Å². The van der Waals surface area contributed by atoms with E-state index in [4.69, 9.17) is 14.2 Å². The number of benzene rings is 1. The zero-order valence-electron chi connectivity index (χ0n) is 18.5. The summed E-state index contributed by atoms with van der Waals surface area (Å²) >= 11 is 1.52. The third-order valence-electron chi connectivity index (χ3n) is 5.24. The lowest BCUT2D eigenvalue weighted by Gasteiger charge is -2.21. The highest BCUT2D eigenvalue weighted by atomic mass is 32.1. The van der Waals surface area contributed by atoms with Crippen LogP contribution in [0.3, 0.4) is 0 Å². The van der Waals surface area contributed by atoms with Crippen molar-refractivity contribution in [1.29, 1.82) is 0 Å². The molecule has 0 saturated heterocycles. The summed E-state index contributed by atoms with van der Waals surface area (Å²) in [5, 5.41) is 6.30. The molecule has 1 aliphatic carbocycles. The first-order valence-corrected chi connectivity index (χ1v) is 11.1. The minimum absolute atomic E-state index is 0.124. The highest BCUT2D eigenvalue weighted by Gasteiger charge is 2.27. The van der Waals surface area contributed by atoms with Gasteiger partial charge in [-0.1, -0.05) is 13.8 Å². The van der Waals surface area contributed by atoms with Crippen LogP contribution in [0.4, 0.5) is 5.13 Å². The van der Waals surface area contributed by atoms with Crippen LogP contribution in [0.5, 0.6) is 17.2 Å². The van der Waals surface area contributed by atoms with Gasteiger partial charge in [0.1, 0.15) is 6.04 Å². The maximum absolute atomic E-state index is 13.0. The number of anilines is 1. The van der Waals surface area contributed by atoms with E-state index in [0.29, 0.717) is 27.9 Å². The first-order valence-electron chi connectivity index (χ1n) is 10.3. The Morgan fingerprint density at radius 2 is 1.68 bits per heavy atom. The molecule has 1 aromatic carbocycles. The molecule has 1 atom stereocenters. The van der Waals surface area contributed by atoms with Gasteiger partial charge in [0.2, 0.25) is 11.7 Å². The quantitative estimate of drug-likeness (QED) is 0.643. The van der Waals surface area contributed by atoms with E-state index in [-0.39, 0.29) is 11.8 Å². The number of fused-ring (bicyclic) bond motifs is 1. The van der Waals surface area contributed by atoms with Crippen LogP contribution in [0.15, 0.2) is 12.1 Å². The molecule has 0 bridgehead atoms. The smallest absolute Gasteiger partial charge is 0.252 e. The molecule has 1 aliphatic rings. The number of nitrogens with zero attached hydrogens (tertiary/aromatic N) is 1. The minimum Gasteiger partial charge on any atom is -0.493 e. The van der Waals surface area contributed by atoms with Crippen LogP contribution in [-0.4, -0.2) is 44.2 Å². The van der Waals surface area contributed by atoms with Crippen molar-refractivity contribution in [2.75, 3.05) is 26.6 Å². The Hall–Kier alpha value is -2.81. The lowest BCUT2D eigenvalue weighted by Crippen LogP contribution is -2.47. The number of thiazole rings is 1. The second-order valence-electron chi connectivity index (χ2n) is 7.69. The molecule has 9 heteroatoms. The summed E-state index contributed by atoms with van der Waals surface area (Å²) in [4.78, 5) is 31.7. The van der Waals surface area contributed by atoms with Crippen molar-refractivity contribution in [1.82, 2.24) is 10.3 Å². The lowest BCUT2D eigenvalue weighted by atomic mass is 10.0. The predicted octanol–water partition coefficient (Wildman–Crippen LogP) is 3.44. The molecule has 2 N–H and O–H groups in total. The van der Waals surface area contributed by atoms with E-state index in [1.807, 2.05) is 13.8 Å². The van der Waals surface area contributed by atoms with Gasteiger partial charge in [-0.2, -0.15) is 0 Å². The van der Waals surface area contributed by atoms with E-state index >= 15 is 0 Å². The van der Waals surface area contributed by atoms with Crippen LogP contribution in [-0.2, 0) is 17.6 Å². The number of aromatic nitrogens is 1. The normalized spacial score (nSPS) is 13.9. The molecule has 8 nitrogen and oxygen atoms in total. The maximum Gasteiger partial charge on any atom is 0.252 e. The van der Waals surface area contributed by atoms with Crippen molar-refractivity contribution in [3.63, 3.8) is 0 Å². The monoisotopic (exact) mass is 447 g/mol. The second-order valence-corrected chi connectivity index (χ2v) is 8.78. The van der Waals surface area contributed by atoms with Crippen molar-refractivity contribution in [2.24, 2.45) is 5.92 Å². The fourth-order valence-electron chi connectivity index (χ4n) is 3.56. The SMILES string of the molecule is COc1cc(C(=O)N[C@@H](C(=O)Nc2nc3c(s2)CCCC3)C(C)C)cc(OC)c1OC. The van der Waals surface area contributed by atoms with Crippen molar-refractivity contribution in [3.05, 3.63) is 28.3 Å². The molecule has 3 rings (SSSR count). The standard InChI is InChI=1S/C22H29N3O5S/c1-12(2)18(21(27)25-22-23-14-8-6-7-9-17(14)31-22)24-20(26)13-10-15(28-3)19(30-5)16(11-13)29-4/h10-12,18H,6-9H2,1-5H3,(H,24,26)(H,23,25,27)/t18-/m1/s1. The Labute approximate surface area is 186 Å². The van der Waals surface area contributed by atoms with E-state index in [2.05, 4.69) is 15.6 Å². The third-order valence-corrected chi connectivity index (χ3v) is 6.31. The fraction of sp³-hybridized carbons (Fsp3) is 0.500. The Morgan fingerprint density at radius 1 is 1.03 bits per heavy atom. The summed E-state index contributed by atoms with van der Waals surface area (Å²) < 4.78 is 15.9. The van der Waals surface area contributed by atoms with E-state index < -0.39 is 11.9 Å². The van der Waals surface area contributed by atoms with Crippen LogP contribution in [0.1, 0.15) is 47.6 Å². The van der Waals surface area contributed by atoms with Gasteiger partial charge in [0, 0.05) is 10.4 Å². The van der Waals surface area contributed by atoms with Gasteiger partial charge in [-0.25, -0.2) is 4.98 Å². The van der Waals surface area contributed by atoms with Crippen LogP contribution in [0.25, 0.3) is 0 Å². The average molecular weight is 448 g/mol. The summed E-state index contributed by atoms with van der Waals surface area (Å²) in [6.45, 7) is 3.76. The number of aryl methyl sites for hydroxylation is 2. The number of hydrogen-bond donors (Lipinski definition) is 2. The number of amides is 2. The van der Waals surface area contributed by atoms with E-state index in [0.717, 1.165) is 31.4 Å². The van der Waals surface area contributed by atoms with E-state index in [1.54, 1.807) is 12.1 Å². The van der Waals surface area contributed by atoms with Gasteiger partial charge in [-0.05, 0) is 43.7 Å². The lowest BCUT2D eigenvalue weighted by molar-refractivity contribution is -0.118. The van der Waals surface area contributed by atoms with E-state index in [1.165, 1.54) is 37.5 Å². The third kappa shape index (κ3) is 5.10. The van der Waals surface area contributed by atoms with Crippen LogP contribution >= 0.6 is 11.3 Å². The maximum atomic E-state index is 13.0. The summed E-state index contributed by atoms with van der Waals surface area (Å²) in [5.74, 6) is 0.304. The number of hydrogen-bond acceptors (Lipinski definition) is 7. The molecule has 0 spiro atoms. The molecule has 1 aromatic heterocycles. The van der Waals surface area contributed by atoms with Gasteiger partial charge in [-0.3, -0.25) is 9.59 Å². The summed E-state index contributed by atoms with van der Waals surface area (Å²) in [7, 11) is 4.46. The predicted molar refractivity (Wildman–Crippen MR) is 120 cm³/mol. The summed E-state index contributed by atoms with van der Waals surface area (Å²) in [6.07, 6.45) is 4.24. The number of methoxy groups -OCH3 is 3. The van der Waals surface area contributed by atoms with Gasteiger partial charge in [-0.15, -0.1) is 11.3 Å². The molecular weight excluding hydrogens is 418 g/mol. The second kappa shape index (κ2) is 10.00.